The normalized spacial score (nSPS) is 25.1. The number of hydrogen-bond donors (Lipinski definition) is 1. The smallest absolute Gasteiger partial charge is 0.0454 e. The van der Waals surface area contributed by atoms with E-state index in [1.807, 2.05) is 18.2 Å². The van der Waals surface area contributed by atoms with Gasteiger partial charge >= 0.3 is 0 Å². The van der Waals surface area contributed by atoms with E-state index in [-0.39, 0.29) is 23.9 Å². The highest BCUT2D eigenvalue weighted by Crippen LogP contribution is 2.37. The second-order valence-electron chi connectivity index (χ2n) is 5.58. The van der Waals surface area contributed by atoms with Crippen LogP contribution in [0.15, 0.2) is 18.2 Å². The summed E-state index contributed by atoms with van der Waals surface area (Å²) in [6.07, 6.45) is 1.14. The SMILES string of the molecule is CC(c1cc(Cl)ccc1Cl)N1CCC(C)(CN)C1.Cl. The van der Waals surface area contributed by atoms with Crippen LogP contribution in [-0.2, 0) is 0 Å². The Morgan fingerprint density at radius 2 is 2.11 bits per heavy atom. The molecule has 1 aromatic carbocycles. The molecule has 2 unspecified atom stereocenters. The molecule has 19 heavy (non-hydrogen) atoms. The number of benzene rings is 1. The van der Waals surface area contributed by atoms with Crippen molar-refractivity contribution in [2.24, 2.45) is 11.1 Å². The van der Waals surface area contributed by atoms with Crippen molar-refractivity contribution in [2.75, 3.05) is 19.6 Å². The molecule has 1 aliphatic heterocycles. The summed E-state index contributed by atoms with van der Waals surface area (Å²) in [6, 6.07) is 5.94. The van der Waals surface area contributed by atoms with E-state index >= 15 is 0 Å². The molecule has 1 heterocycles. The van der Waals surface area contributed by atoms with Crippen LogP contribution in [0.2, 0.25) is 10.0 Å². The number of halogens is 3. The van der Waals surface area contributed by atoms with Crippen LogP contribution in [0.25, 0.3) is 0 Å². The summed E-state index contributed by atoms with van der Waals surface area (Å²) in [5.74, 6) is 0. The van der Waals surface area contributed by atoms with E-state index < -0.39 is 0 Å². The summed E-state index contributed by atoms with van der Waals surface area (Å²) in [6.45, 7) is 7.25. The fourth-order valence-electron chi connectivity index (χ4n) is 2.59. The minimum atomic E-state index is 0. The lowest BCUT2D eigenvalue weighted by Gasteiger charge is -2.28. The maximum Gasteiger partial charge on any atom is 0.0454 e. The first-order valence-electron chi connectivity index (χ1n) is 6.34. The summed E-state index contributed by atoms with van der Waals surface area (Å²) in [7, 11) is 0. The van der Waals surface area contributed by atoms with Gasteiger partial charge in [0.05, 0.1) is 0 Å². The third kappa shape index (κ3) is 3.77. The summed E-state index contributed by atoms with van der Waals surface area (Å²) < 4.78 is 0. The molecule has 2 atom stereocenters. The molecule has 0 radical (unpaired) electrons. The van der Waals surface area contributed by atoms with E-state index in [9.17, 15) is 0 Å². The number of nitrogens with zero attached hydrogens (tertiary/aromatic N) is 1. The molecule has 0 aromatic heterocycles. The molecule has 1 saturated heterocycles. The molecular weight excluding hydrogens is 303 g/mol. The average molecular weight is 324 g/mol. The number of nitrogens with two attached hydrogens (primary N) is 1. The van der Waals surface area contributed by atoms with Gasteiger partial charge in [-0.15, -0.1) is 12.4 Å². The molecule has 0 spiro atoms. The first-order valence-corrected chi connectivity index (χ1v) is 7.10. The molecule has 108 valence electrons. The molecular formula is C14H21Cl3N2. The van der Waals surface area contributed by atoms with Crippen molar-refractivity contribution in [1.82, 2.24) is 4.90 Å². The summed E-state index contributed by atoms with van der Waals surface area (Å²) in [5.41, 5.74) is 7.19. The summed E-state index contributed by atoms with van der Waals surface area (Å²) in [5, 5.41) is 1.52. The van der Waals surface area contributed by atoms with Crippen LogP contribution in [0, 0.1) is 5.41 Å². The predicted octanol–water partition coefficient (Wildman–Crippen LogP) is 4.15. The van der Waals surface area contributed by atoms with Gasteiger partial charge in [0.25, 0.3) is 0 Å². The zero-order valence-electron chi connectivity index (χ0n) is 11.3. The zero-order chi connectivity index (χ0) is 13.3. The topological polar surface area (TPSA) is 29.3 Å². The van der Waals surface area contributed by atoms with Crippen molar-refractivity contribution in [3.05, 3.63) is 33.8 Å². The Hall–Kier alpha value is 0.01000. The molecule has 2 nitrogen and oxygen atoms in total. The van der Waals surface area contributed by atoms with Gasteiger partial charge in [-0.25, -0.2) is 0 Å². The first kappa shape index (κ1) is 17.1. The van der Waals surface area contributed by atoms with Crippen molar-refractivity contribution in [1.29, 1.82) is 0 Å². The van der Waals surface area contributed by atoms with Crippen molar-refractivity contribution in [3.8, 4) is 0 Å². The lowest BCUT2D eigenvalue weighted by atomic mass is 9.90. The molecule has 1 aromatic rings. The van der Waals surface area contributed by atoms with Gasteiger partial charge in [0.15, 0.2) is 0 Å². The molecule has 1 fully saturated rings. The Kier molecular flexibility index (Phi) is 5.96. The highest BCUT2D eigenvalue weighted by atomic mass is 35.5. The Morgan fingerprint density at radius 3 is 2.68 bits per heavy atom. The average Bonchev–Trinajstić information content (AvgIpc) is 2.75. The molecule has 0 bridgehead atoms. The van der Waals surface area contributed by atoms with Crippen LogP contribution in [-0.4, -0.2) is 24.5 Å². The monoisotopic (exact) mass is 322 g/mol. The zero-order valence-corrected chi connectivity index (χ0v) is 13.7. The van der Waals surface area contributed by atoms with Crippen molar-refractivity contribution in [3.63, 3.8) is 0 Å². The van der Waals surface area contributed by atoms with Crippen LogP contribution in [0.3, 0.4) is 0 Å². The molecule has 0 saturated carbocycles. The maximum absolute atomic E-state index is 6.26. The van der Waals surface area contributed by atoms with Crippen LogP contribution >= 0.6 is 35.6 Å². The summed E-state index contributed by atoms with van der Waals surface area (Å²) in [4.78, 5) is 2.43. The first-order chi connectivity index (χ1) is 8.45. The lowest BCUT2D eigenvalue weighted by Crippen LogP contribution is -2.32. The largest absolute Gasteiger partial charge is 0.330 e. The van der Waals surface area contributed by atoms with Crippen LogP contribution in [0.4, 0.5) is 0 Å². The highest BCUT2D eigenvalue weighted by molar-refractivity contribution is 6.33. The van der Waals surface area contributed by atoms with Gasteiger partial charge in [-0.05, 0) is 55.6 Å². The Bertz CT molecular complexity index is 439. The van der Waals surface area contributed by atoms with E-state index in [1.54, 1.807) is 0 Å². The van der Waals surface area contributed by atoms with E-state index in [4.69, 9.17) is 28.9 Å². The van der Waals surface area contributed by atoms with Crippen LogP contribution in [0.5, 0.6) is 0 Å². The standard InChI is InChI=1S/C14H20Cl2N2.ClH/c1-10(12-7-11(15)3-4-13(12)16)18-6-5-14(2,8-17)9-18;/h3-4,7,10H,5-6,8-9,17H2,1-2H3;1H. The predicted molar refractivity (Wildman–Crippen MR) is 85.5 cm³/mol. The summed E-state index contributed by atoms with van der Waals surface area (Å²) >= 11 is 12.3. The maximum atomic E-state index is 6.26. The Labute approximate surface area is 131 Å². The third-order valence-electron chi connectivity index (χ3n) is 4.04. The van der Waals surface area contributed by atoms with E-state index in [0.29, 0.717) is 0 Å². The van der Waals surface area contributed by atoms with E-state index in [1.165, 1.54) is 0 Å². The number of hydrogen-bond acceptors (Lipinski definition) is 2. The molecule has 0 amide bonds. The quantitative estimate of drug-likeness (QED) is 0.905. The fourth-order valence-corrected chi connectivity index (χ4v) is 3.05. The van der Waals surface area contributed by atoms with Gasteiger partial charge in [0.2, 0.25) is 0 Å². The molecule has 5 heteroatoms. The minimum Gasteiger partial charge on any atom is -0.330 e. The van der Waals surface area contributed by atoms with Crippen molar-refractivity contribution < 1.29 is 0 Å². The van der Waals surface area contributed by atoms with Gasteiger partial charge in [-0.2, -0.15) is 0 Å². The van der Waals surface area contributed by atoms with Gasteiger partial charge in [0, 0.05) is 22.6 Å². The fraction of sp³-hybridized carbons (Fsp3) is 0.571. The van der Waals surface area contributed by atoms with Gasteiger partial charge in [0.1, 0.15) is 0 Å². The Morgan fingerprint density at radius 1 is 1.42 bits per heavy atom. The van der Waals surface area contributed by atoms with Crippen LogP contribution < -0.4 is 5.73 Å². The number of likely N-dealkylation sites (tertiary alicyclic amines) is 1. The highest BCUT2D eigenvalue weighted by Gasteiger charge is 2.35. The lowest BCUT2D eigenvalue weighted by molar-refractivity contribution is 0.227. The van der Waals surface area contributed by atoms with Gasteiger partial charge in [-0.1, -0.05) is 30.1 Å². The molecule has 2 N–H and O–H groups in total. The van der Waals surface area contributed by atoms with Crippen molar-refractivity contribution >= 4 is 35.6 Å². The van der Waals surface area contributed by atoms with Gasteiger partial charge in [-0.3, -0.25) is 4.90 Å². The Balaban J connectivity index is 0.00000180. The minimum absolute atomic E-state index is 0. The second kappa shape index (κ2) is 6.64. The van der Waals surface area contributed by atoms with Crippen LogP contribution in [0.1, 0.15) is 31.9 Å². The van der Waals surface area contributed by atoms with Crippen molar-refractivity contribution in [2.45, 2.75) is 26.3 Å². The molecule has 2 rings (SSSR count). The number of rotatable bonds is 3. The van der Waals surface area contributed by atoms with E-state index in [2.05, 4.69) is 18.7 Å². The molecule has 1 aliphatic rings. The van der Waals surface area contributed by atoms with Gasteiger partial charge < -0.3 is 5.73 Å². The van der Waals surface area contributed by atoms with E-state index in [0.717, 1.165) is 41.7 Å². The second-order valence-corrected chi connectivity index (χ2v) is 6.42. The molecule has 0 aliphatic carbocycles. The third-order valence-corrected chi connectivity index (χ3v) is 4.62.